The molecule has 19 heavy (non-hydrogen) atoms. The van der Waals surface area contributed by atoms with Gasteiger partial charge in [0.25, 0.3) is 0 Å². The number of hydrogen-bond donors (Lipinski definition) is 0. The zero-order chi connectivity index (χ0) is 14.1. The van der Waals surface area contributed by atoms with Crippen molar-refractivity contribution >= 4 is 39.7 Å². The van der Waals surface area contributed by atoms with Crippen molar-refractivity contribution in [2.24, 2.45) is 5.92 Å². The summed E-state index contributed by atoms with van der Waals surface area (Å²) in [7, 11) is 0. The first-order valence-corrected chi connectivity index (χ1v) is 9.04. The number of thioether (sulfide) groups is 1. The highest BCUT2D eigenvalue weighted by Gasteiger charge is 2.22. The van der Waals surface area contributed by atoms with E-state index in [9.17, 15) is 4.79 Å². The molecule has 0 spiro atoms. The minimum absolute atomic E-state index is 0.0515. The van der Waals surface area contributed by atoms with E-state index < -0.39 is 0 Å². The van der Waals surface area contributed by atoms with Gasteiger partial charge in [-0.25, -0.2) is 4.79 Å². The summed E-state index contributed by atoms with van der Waals surface area (Å²) in [5.41, 5.74) is 0. The highest BCUT2D eigenvalue weighted by atomic mass is 127. The number of hydrogen-bond acceptors (Lipinski definition) is 3. The van der Waals surface area contributed by atoms with Gasteiger partial charge in [0.2, 0.25) is 0 Å². The molecule has 0 radical (unpaired) electrons. The van der Waals surface area contributed by atoms with Crippen LogP contribution < -0.4 is 0 Å². The molecule has 1 rings (SSSR count). The van der Waals surface area contributed by atoms with Gasteiger partial charge in [0.05, 0.1) is 0 Å². The van der Waals surface area contributed by atoms with Gasteiger partial charge < -0.3 is 4.74 Å². The summed E-state index contributed by atoms with van der Waals surface area (Å²) in [4.78, 5) is 12.9. The second-order valence-electron chi connectivity index (χ2n) is 4.43. The predicted molar refractivity (Wildman–Crippen MR) is 90.1 cm³/mol. The molecule has 2 atom stereocenters. The van der Waals surface area contributed by atoms with Crippen molar-refractivity contribution in [2.45, 2.75) is 44.1 Å². The van der Waals surface area contributed by atoms with Gasteiger partial charge in [0, 0.05) is 15.2 Å². The van der Waals surface area contributed by atoms with Gasteiger partial charge in [-0.1, -0.05) is 61.1 Å². The smallest absolute Gasteiger partial charge is 0.372 e. The van der Waals surface area contributed by atoms with Crippen molar-refractivity contribution < 1.29 is 9.53 Å². The third-order valence-electron chi connectivity index (χ3n) is 3.01. The molecule has 0 bridgehead atoms. The Kier molecular flexibility index (Phi) is 8.53. The van der Waals surface area contributed by atoms with Gasteiger partial charge in [-0.3, -0.25) is 0 Å². The fraction of sp³-hybridized carbons (Fsp3) is 0.533. The molecule has 0 fully saturated rings. The summed E-state index contributed by atoms with van der Waals surface area (Å²) >= 11 is 3.55. The molecular weight excluding hydrogens is 371 g/mol. The SMILES string of the molecule is CCCC(OC(=O)Sc1ccccc1)C(CC)CI. The zero-order valence-corrected chi connectivity index (χ0v) is 14.4. The van der Waals surface area contributed by atoms with E-state index in [1.807, 2.05) is 30.3 Å². The summed E-state index contributed by atoms with van der Waals surface area (Å²) in [5, 5.41) is -0.187. The van der Waals surface area contributed by atoms with Crippen LogP contribution in [0.5, 0.6) is 0 Å². The van der Waals surface area contributed by atoms with Crippen LogP contribution in [0, 0.1) is 5.92 Å². The molecule has 0 N–H and O–H groups in total. The van der Waals surface area contributed by atoms with Crippen LogP contribution in [0.2, 0.25) is 0 Å². The van der Waals surface area contributed by atoms with E-state index in [0.29, 0.717) is 5.92 Å². The lowest BCUT2D eigenvalue weighted by Crippen LogP contribution is -2.26. The fourth-order valence-corrected chi connectivity index (χ4v) is 3.73. The van der Waals surface area contributed by atoms with Gasteiger partial charge in [0.15, 0.2) is 0 Å². The summed E-state index contributed by atoms with van der Waals surface area (Å²) in [6, 6.07) is 9.66. The van der Waals surface area contributed by atoms with Crippen molar-refractivity contribution in [1.82, 2.24) is 0 Å². The van der Waals surface area contributed by atoms with E-state index in [0.717, 1.165) is 28.6 Å². The van der Waals surface area contributed by atoms with Crippen LogP contribution >= 0.6 is 34.4 Å². The Bertz CT molecular complexity index is 366. The summed E-state index contributed by atoms with van der Waals surface area (Å²) in [6.07, 6.45) is 3.09. The van der Waals surface area contributed by atoms with E-state index in [1.54, 1.807) is 0 Å². The molecule has 106 valence electrons. The van der Waals surface area contributed by atoms with Crippen molar-refractivity contribution in [3.8, 4) is 0 Å². The number of benzene rings is 1. The molecule has 0 heterocycles. The molecule has 0 saturated heterocycles. The molecule has 0 amide bonds. The minimum atomic E-state index is -0.187. The summed E-state index contributed by atoms with van der Waals surface area (Å²) in [6.45, 7) is 4.29. The molecule has 2 nitrogen and oxygen atoms in total. The standard InChI is InChI=1S/C15H21IO2S/c1-3-8-14(12(4-2)11-16)18-15(17)19-13-9-6-5-7-10-13/h5-7,9-10,12,14H,3-4,8,11H2,1-2H3. The highest BCUT2D eigenvalue weighted by Crippen LogP contribution is 2.25. The maximum atomic E-state index is 12.0. The molecule has 0 aliphatic carbocycles. The lowest BCUT2D eigenvalue weighted by Gasteiger charge is -2.24. The van der Waals surface area contributed by atoms with Gasteiger partial charge >= 0.3 is 5.30 Å². The van der Waals surface area contributed by atoms with E-state index in [4.69, 9.17) is 4.74 Å². The number of carbonyl (C=O) groups is 1. The maximum absolute atomic E-state index is 12.0. The Balaban J connectivity index is 2.56. The van der Waals surface area contributed by atoms with E-state index in [1.165, 1.54) is 11.8 Å². The van der Waals surface area contributed by atoms with Crippen molar-refractivity contribution in [3.63, 3.8) is 0 Å². The largest absolute Gasteiger partial charge is 0.454 e. The Morgan fingerprint density at radius 1 is 1.32 bits per heavy atom. The first-order chi connectivity index (χ1) is 9.21. The number of halogens is 1. The summed E-state index contributed by atoms with van der Waals surface area (Å²) < 4.78 is 6.69. The molecule has 0 aliphatic rings. The molecule has 4 heteroatoms. The number of carbonyl (C=O) groups excluding carboxylic acids is 1. The number of ether oxygens (including phenoxy) is 1. The number of alkyl halides is 1. The third-order valence-corrected chi connectivity index (χ3v) is 4.92. The molecule has 0 saturated carbocycles. The molecule has 2 unspecified atom stereocenters. The van der Waals surface area contributed by atoms with Gasteiger partial charge in [-0.15, -0.1) is 0 Å². The topological polar surface area (TPSA) is 26.3 Å². The highest BCUT2D eigenvalue weighted by molar-refractivity contribution is 14.1. The molecule has 0 aliphatic heterocycles. The van der Waals surface area contributed by atoms with Crippen LogP contribution in [-0.4, -0.2) is 15.8 Å². The van der Waals surface area contributed by atoms with Crippen molar-refractivity contribution in [1.29, 1.82) is 0 Å². The molecule has 1 aromatic rings. The van der Waals surface area contributed by atoms with Crippen LogP contribution in [0.3, 0.4) is 0 Å². The van der Waals surface area contributed by atoms with Crippen LogP contribution in [0.1, 0.15) is 33.1 Å². The molecular formula is C15H21IO2S. The Morgan fingerprint density at radius 2 is 2.00 bits per heavy atom. The Labute approximate surface area is 133 Å². The third kappa shape index (κ3) is 6.17. The monoisotopic (exact) mass is 392 g/mol. The lowest BCUT2D eigenvalue weighted by atomic mass is 9.98. The molecule has 1 aromatic carbocycles. The average Bonchev–Trinajstić information content (AvgIpc) is 2.41. The Hall–Kier alpha value is -0.230. The second kappa shape index (κ2) is 9.64. The zero-order valence-electron chi connectivity index (χ0n) is 11.5. The van der Waals surface area contributed by atoms with Crippen LogP contribution in [0.25, 0.3) is 0 Å². The van der Waals surface area contributed by atoms with E-state index >= 15 is 0 Å². The van der Waals surface area contributed by atoms with Crippen molar-refractivity contribution in [3.05, 3.63) is 30.3 Å². The van der Waals surface area contributed by atoms with Crippen LogP contribution in [-0.2, 0) is 4.74 Å². The van der Waals surface area contributed by atoms with Gasteiger partial charge in [-0.2, -0.15) is 0 Å². The molecule has 0 aromatic heterocycles. The van der Waals surface area contributed by atoms with E-state index in [-0.39, 0.29) is 11.4 Å². The number of rotatable bonds is 7. The first-order valence-electron chi connectivity index (χ1n) is 6.70. The van der Waals surface area contributed by atoms with Crippen molar-refractivity contribution in [2.75, 3.05) is 4.43 Å². The maximum Gasteiger partial charge on any atom is 0.372 e. The van der Waals surface area contributed by atoms with Crippen LogP contribution in [0.15, 0.2) is 35.2 Å². The first kappa shape index (κ1) is 16.8. The summed E-state index contributed by atoms with van der Waals surface area (Å²) in [5.74, 6) is 0.459. The second-order valence-corrected chi connectivity index (χ2v) is 6.32. The quantitative estimate of drug-likeness (QED) is 0.264. The normalized spacial score (nSPS) is 13.8. The average molecular weight is 392 g/mol. The van der Waals surface area contributed by atoms with Gasteiger partial charge in [-0.05, 0) is 36.7 Å². The lowest BCUT2D eigenvalue weighted by molar-refractivity contribution is 0.0814. The minimum Gasteiger partial charge on any atom is -0.454 e. The van der Waals surface area contributed by atoms with E-state index in [2.05, 4.69) is 36.4 Å². The predicted octanol–water partition coefficient (Wildman–Crippen LogP) is 5.55. The van der Waals surface area contributed by atoms with Crippen LogP contribution in [0.4, 0.5) is 4.79 Å². The Morgan fingerprint density at radius 3 is 2.53 bits per heavy atom. The van der Waals surface area contributed by atoms with Gasteiger partial charge in [0.1, 0.15) is 6.10 Å². The fourth-order valence-electron chi connectivity index (χ4n) is 1.88.